The normalized spacial score (nSPS) is 18.0. The van der Waals surface area contributed by atoms with Gasteiger partial charge in [0.2, 0.25) is 11.8 Å². The Bertz CT molecular complexity index is 815. The van der Waals surface area contributed by atoms with Gasteiger partial charge in [-0.15, -0.1) is 0 Å². The van der Waals surface area contributed by atoms with Gasteiger partial charge in [-0.2, -0.15) is 0 Å². The zero-order valence-corrected chi connectivity index (χ0v) is 14.3. The van der Waals surface area contributed by atoms with Gasteiger partial charge in [0.05, 0.1) is 24.6 Å². The molecular weight excluding hydrogens is 336 g/mol. The molecule has 0 aliphatic carbocycles. The molecule has 0 spiro atoms. The molecule has 7 nitrogen and oxygen atoms in total. The second-order valence-electron chi connectivity index (χ2n) is 6.43. The number of amides is 2. The monoisotopic (exact) mass is 356 g/mol. The first kappa shape index (κ1) is 17.7. The maximum atomic E-state index is 12.5. The predicted octanol–water partition coefficient (Wildman–Crippen LogP) is 2.45. The quantitative estimate of drug-likeness (QED) is 0.828. The molecule has 1 aromatic heterocycles. The lowest BCUT2D eigenvalue weighted by atomic mass is 10.0. The number of nitrogens with zero attached hydrogens (tertiary/aromatic N) is 1. The zero-order valence-electron chi connectivity index (χ0n) is 14.3. The van der Waals surface area contributed by atoms with Crippen LogP contribution in [0.25, 0.3) is 0 Å². The van der Waals surface area contributed by atoms with Gasteiger partial charge in [-0.25, -0.2) is 0 Å². The van der Waals surface area contributed by atoms with E-state index in [0.717, 1.165) is 0 Å². The number of furan rings is 1. The van der Waals surface area contributed by atoms with Crippen LogP contribution in [0.3, 0.4) is 0 Å². The molecule has 0 radical (unpaired) electrons. The van der Waals surface area contributed by atoms with E-state index in [-0.39, 0.29) is 18.2 Å². The van der Waals surface area contributed by atoms with Gasteiger partial charge in [0.25, 0.3) is 0 Å². The Hall–Kier alpha value is -3.09. The number of aliphatic carboxylic acids is 1. The number of likely N-dealkylation sites (tertiary alicyclic amines) is 1. The molecule has 2 aromatic rings. The molecule has 3 rings (SSSR count). The van der Waals surface area contributed by atoms with Crippen molar-refractivity contribution in [3.8, 4) is 0 Å². The Morgan fingerprint density at radius 1 is 1.35 bits per heavy atom. The minimum Gasteiger partial charge on any atom is -0.481 e. The summed E-state index contributed by atoms with van der Waals surface area (Å²) in [4.78, 5) is 37.3. The molecule has 1 fully saturated rings. The molecule has 136 valence electrons. The minimum atomic E-state index is -0.927. The fourth-order valence-corrected chi connectivity index (χ4v) is 2.96. The van der Waals surface area contributed by atoms with Crippen LogP contribution in [0.4, 0.5) is 5.69 Å². The molecule has 2 N–H and O–H groups in total. The average Bonchev–Trinajstić information content (AvgIpc) is 3.25. The van der Waals surface area contributed by atoms with E-state index >= 15 is 0 Å². The van der Waals surface area contributed by atoms with Gasteiger partial charge < -0.3 is 19.7 Å². The topological polar surface area (TPSA) is 99.8 Å². The summed E-state index contributed by atoms with van der Waals surface area (Å²) in [6.45, 7) is 2.27. The van der Waals surface area contributed by atoms with Crippen molar-refractivity contribution < 1.29 is 23.9 Å². The highest BCUT2D eigenvalue weighted by molar-refractivity contribution is 5.97. The first-order chi connectivity index (χ1) is 12.4. The van der Waals surface area contributed by atoms with Crippen LogP contribution in [0.5, 0.6) is 0 Å². The molecular formula is C19H20N2O5. The molecule has 2 heterocycles. The van der Waals surface area contributed by atoms with Crippen LogP contribution < -0.4 is 5.32 Å². The number of benzene rings is 1. The summed E-state index contributed by atoms with van der Waals surface area (Å²) < 4.78 is 5.25. The first-order valence-corrected chi connectivity index (χ1v) is 8.38. The third-order valence-corrected chi connectivity index (χ3v) is 4.54. The fraction of sp³-hybridized carbons (Fsp3) is 0.316. The summed E-state index contributed by atoms with van der Waals surface area (Å²) in [5.41, 5.74) is 1.13. The van der Waals surface area contributed by atoms with E-state index in [4.69, 9.17) is 9.52 Å². The number of anilines is 1. The van der Waals surface area contributed by atoms with E-state index in [2.05, 4.69) is 5.32 Å². The smallest absolute Gasteiger partial charge is 0.310 e. The standard InChI is InChI=1S/C19H20N2O5/c1-12(19(24)25)13-4-2-5-15(8-13)20-18(23)14-9-17(22)21(10-14)11-16-6-3-7-26-16/h2-8,12,14H,9-11H2,1H3,(H,20,23)(H,24,25). The zero-order chi connectivity index (χ0) is 18.7. The summed E-state index contributed by atoms with van der Waals surface area (Å²) in [5, 5.41) is 11.9. The number of nitrogens with one attached hydrogen (secondary N) is 1. The Kier molecular flexibility index (Phi) is 5.06. The number of carbonyl (C=O) groups excluding carboxylic acids is 2. The van der Waals surface area contributed by atoms with Crippen molar-refractivity contribution in [3.05, 3.63) is 54.0 Å². The van der Waals surface area contributed by atoms with Crippen LogP contribution in [0, 0.1) is 5.92 Å². The first-order valence-electron chi connectivity index (χ1n) is 8.38. The van der Waals surface area contributed by atoms with E-state index in [1.54, 1.807) is 54.5 Å². The Labute approximate surface area is 150 Å². The number of carboxylic acids is 1. The van der Waals surface area contributed by atoms with Gasteiger partial charge >= 0.3 is 5.97 Å². The Morgan fingerprint density at radius 2 is 2.15 bits per heavy atom. The van der Waals surface area contributed by atoms with E-state index in [9.17, 15) is 14.4 Å². The molecule has 0 saturated carbocycles. The largest absolute Gasteiger partial charge is 0.481 e. The second kappa shape index (κ2) is 7.43. The van der Waals surface area contributed by atoms with Gasteiger partial charge in [-0.05, 0) is 36.8 Å². The van der Waals surface area contributed by atoms with Crippen molar-refractivity contribution in [2.24, 2.45) is 5.92 Å². The maximum absolute atomic E-state index is 12.5. The molecule has 1 aromatic carbocycles. The van der Waals surface area contributed by atoms with E-state index in [1.807, 2.05) is 0 Å². The van der Waals surface area contributed by atoms with Crippen LogP contribution in [-0.4, -0.2) is 34.3 Å². The highest BCUT2D eigenvalue weighted by Crippen LogP contribution is 2.24. The number of carbonyl (C=O) groups is 3. The molecule has 26 heavy (non-hydrogen) atoms. The SMILES string of the molecule is CC(C(=O)O)c1cccc(NC(=O)C2CC(=O)N(Cc3ccco3)C2)c1. The lowest BCUT2D eigenvalue weighted by molar-refractivity contribution is -0.138. The van der Waals surface area contributed by atoms with Crippen molar-refractivity contribution in [1.82, 2.24) is 4.90 Å². The van der Waals surface area contributed by atoms with Gasteiger partial charge in [0.15, 0.2) is 0 Å². The Morgan fingerprint density at radius 3 is 2.85 bits per heavy atom. The third kappa shape index (κ3) is 3.93. The Balaban J connectivity index is 1.63. The van der Waals surface area contributed by atoms with Crippen molar-refractivity contribution in [3.63, 3.8) is 0 Å². The summed E-state index contributed by atoms with van der Waals surface area (Å²) in [6.07, 6.45) is 1.70. The van der Waals surface area contributed by atoms with Crippen molar-refractivity contribution in [2.75, 3.05) is 11.9 Å². The van der Waals surface area contributed by atoms with Crippen molar-refractivity contribution in [1.29, 1.82) is 0 Å². The molecule has 1 saturated heterocycles. The second-order valence-corrected chi connectivity index (χ2v) is 6.43. The highest BCUT2D eigenvalue weighted by atomic mass is 16.4. The van der Waals surface area contributed by atoms with Gasteiger partial charge in [0, 0.05) is 18.7 Å². The average molecular weight is 356 g/mol. The van der Waals surface area contributed by atoms with E-state index in [0.29, 0.717) is 30.1 Å². The number of hydrogen-bond acceptors (Lipinski definition) is 4. The molecule has 7 heteroatoms. The third-order valence-electron chi connectivity index (χ3n) is 4.54. The highest BCUT2D eigenvalue weighted by Gasteiger charge is 2.34. The van der Waals surface area contributed by atoms with Crippen LogP contribution in [0.2, 0.25) is 0 Å². The molecule has 2 unspecified atom stereocenters. The molecule has 2 amide bonds. The van der Waals surface area contributed by atoms with Crippen LogP contribution >= 0.6 is 0 Å². The van der Waals surface area contributed by atoms with Crippen LogP contribution in [0.15, 0.2) is 47.1 Å². The lowest BCUT2D eigenvalue weighted by Gasteiger charge is -2.15. The summed E-state index contributed by atoms with van der Waals surface area (Å²) >= 11 is 0. The maximum Gasteiger partial charge on any atom is 0.310 e. The number of rotatable bonds is 6. The van der Waals surface area contributed by atoms with Crippen LogP contribution in [-0.2, 0) is 20.9 Å². The predicted molar refractivity (Wildman–Crippen MR) is 93.4 cm³/mol. The summed E-state index contributed by atoms with van der Waals surface area (Å²) in [7, 11) is 0. The van der Waals surface area contributed by atoms with E-state index < -0.39 is 17.8 Å². The minimum absolute atomic E-state index is 0.0881. The van der Waals surface area contributed by atoms with Crippen molar-refractivity contribution in [2.45, 2.75) is 25.8 Å². The molecule has 1 aliphatic heterocycles. The summed E-state index contributed by atoms with van der Waals surface area (Å²) in [5.74, 6) is -1.70. The fourth-order valence-electron chi connectivity index (χ4n) is 2.96. The van der Waals surface area contributed by atoms with Crippen LogP contribution in [0.1, 0.15) is 30.6 Å². The van der Waals surface area contributed by atoms with Gasteiger partial charge in [-0.1, -0.05) is 12.1 Å². The summed E-state index contributed by atoms with van der Waals surface area (Å²) in [6, 6.07) is 10.3. The van der Waals surface area contributed by atoms with Gasteiger partial charge in [-0.3, -0.25) is 14.4 Å². The molecule has 1 aliphatic rings. The number of carboxylic acid groups (broad SMARTS) is 1. The lowest BCUT2D eigenvalue weighted by Crippen LogP contribution is -2.28. The van der Waals surface area contributed by atoms with Gasteiger partial charge in [0.1, 0.15) is 5.76 Å². The molecule has 2 atom stereocenters. The number of hydrogen-bond donors (Lipinski definition) is 2. The van der Waals surface area contributed by atoms with E-state index in [1.165, 1.54) is 0 Å². The molecule has 0 bridgehead atoms. The van der Waals surface area contributed by atoms with Crippen molar-refractivity contribution >= 4 is 23.5 Å².